The van der Waals surface area contributed by atoms with Crippen LogP contribution < -0.4 is 26.6 Å². The second-order valence-electron chi connectivity index (χ2n) is 18.9. The zero-order valence-corrected chi connectivity index (χ0v) is 48.1. The molecule has 1 saturated heterocycles. The molecule has 5 heterocycles. The third-order valence-corrected chi connectivity index (χ3v) is 15.8. The minimum atomic E-state index is -0.624. The largest absolute Gasteiger partial charge is 0.494 e. The number of aromatic amines is 4. The van der Waals surface area contributed by atoms with Gasteiger partial charge in [0, 0.05) is 83.0 Å². The summed E-state index contributed by atoms with van der Waals surface area (Å²) in [5.41, 5.74) is 8.95. The van der Waals surface area contributed by atoms with Crippen LogP contribution in [0.1, 0.15) is 62.9 Å². The van der Waals surface area contributed by atoms with Crippen LogP contribution in [0.25, 0.3) is 22.1 Å². The number of benzodiazepines with no additional fused rings is 2. The zero-order chi connectivity index (χ0) is 52.8. The van der Waals surface area contributed by atoms with E-state index in [0.717, 1.165) is 53.4 Å². The van der Waals surface area contributed by atoms with Crippen LogP contribution in [-0.4, -0.2) is 87.1 Å². The first kappa shape index (κ1) is 58.3. The molecule has 396 valence electrons. The summed E-state index contributed by atoms with van der Waals surface area (Å²) in [4.78, 5) is 72.8. The summed E-state index contributed by atoms with van der Waals surface area (Å²) in [5.74, 6) is -0.199. The molecule has 2 aromatic heterocycles. The smallest absolute Gasteiger partial charge is 0.399 e. The van der Waals surface area contributed by atoms with Gasteiger partial charge >= 0.3 is 18.5 Å². The number of benzene rings is 6. The molecule has 0 saturated carbocycles. The summed E-state index contributed by atoms with van der Waals surface area (Å²) in [7, 11) is 3.08. The van der Waals surface area contributed by atoms with Gasteiger partial charge in [-0.05, 0) is 117 Å². The SMILES string of the molecule is C.CC1(C)OB(c2ccc3[nH]c(=O)[nH]c3c2)OC1(C)C.CN1C(=O)C(Cc2ccccc2Br)N=C(Cl)c2cc(Cl)ccc21.CN1C(=O)C(Cc2ccccc2Br)N=C(c2ccc3[nH]c(=O)[nH]c3c2)c2cc(Cl)ccc21.[Pd]. The molecule has 6 aromatic carbocycles. The van der Waals surface area contributed by atoms with Crippen molar-refractivity contribution in [2.45, 2.75) is 71.2 Å². The van der Waals surface area contributed by atoms with Gasteiger partial charge in [0.05, 0.1) is 50.4 Å². The van der Waals surface area contributed by atoms with E-state index in [9.17, 15) is 19.2 Å². The van der Waals surface area contributed by atoms with Gasteiger partial charge in [-0.25, -0.2) is 9.59 Å². The maximum absolute atomic E-state index is 13.4. The van der Waals surface area contributed by atoms with E-state index in [-0.39, 0.29) is 62.2 Å². The fourth-order valence-corrected chi connectivity index (χ4v) is 10.3. The maximum Gasteiger partial charge on any atom is 0.494 e. The van der Waals surface area contributed by atoms with E-state index in [1.165, 1.54) is 0 Å². The van der Waals surface area contributed by atoms with Crippen LogP contribution in [0.5, 0.6) is 0 Å². The second kappa shape index (κ2) is 23.7. The number of nitrogens with one attached hydrogen (secondary N) is 4. The van der Waals surface area contributed by atoms with Crippen molar-refractivity contribution in [3.05, 3.63) is 189 Å². The number of amides is 2. The number of imidazole rings is 2. The number of anilines is 2. The molecule has 0 radical (unpaired) electrons. The molecule has 76 heavy (non-hydrogen) atoms. The van der Waals surface area contributed by atoms with Crippen LogP contribution in [0.3, 0.4) is 0 Å². The Bertz CT molecular complexity index is 3680. The van der Waals surface area contributed by atoms with Gasteiger partial charge in [-0.3, -0.25) is 19.6 Å². The summed E-state index contributed by atoms with van der Waals surface area (Å²) in [5, 5.41) is 1.41. The van der Waals surface area contributed by atoms with Gasteiger partial charge in [0.2, 0.25) is 0 Å². The first-order chi connectivity index (χ1) is 35.2. The van der Waals surface area contributed by atoms with Crippen LogP contribution in [0, 0.1) is 0 Å². The number of rotatable bonds is 6. The van der Waals surface area contributed by atoms with Crippen molar-refractivity contribution in [1.82, 2.24) is 19.9 Å². The number of H-pyrrole nitrogens is 4. The summed E-state index contributed by atoms with van der Waals surface area (Å²) in [6, 6.07) is 36.3. The molecule has 1 fully saturated rings. The van der Waals surface area contributed by atoms with E-state index in [1.54, 1.807) is 48.2 Å². The molecule has 2 amide bonds. The molecule has 4 N–H and O–H groups in total. The Morgan fingerprint density at radius 1 is 0.579 bits per heavy atom. The number of likely N-dealkylation sites (N-methyl/N-ethyl adjacent to an activating group) is 2. The molecule has 0 spiro atoms. The number of hydrogen-bond donors (Lipinski definition) is 4. The van der Waals surface area contributed by atoms with Crippen LogP contribution in [0.4, 0.5) is 11.4 Å². The quantitative estimate of drug-likeness (QED) is 0.120. The number of aliphatic imine (C=N–C) groups is 2. The molecule has 3 aliphatic heterocycles. The summed E-state index contributed by atoms with van der Waals surface area (Å²) >= 11 is 25.8. The summed E-state index contributed by atoms with van der Waals surface area (Å²) in [6.07, 6.45) is 0.918. The van der Waals surface area contributed by atoms with E-state index < -0.39 is 19.2 Å². The Morgan fingerprint density at radius 3 is 1.55 bits per heavy atom. The normalized spacial score (nSPS) is 17.4. The van der Waals surface area contributed by atoms with Gasteiger partial charge in [-0.1, -0.05) is 123 Å². The molecule has 2 atom stereocenters. The Hall–Kier alpha value is -5.38. The van der Waals surface area contributed by atoms with E-state index >= 15 is 0 Å². The second-order valence-corrected chi connectivity index (χ2v) is 21.9. The van der Waals surface area contributed by atoms with Crippen molar-refractivity contribution in [3.63, 3.8) is 0 Å². The fraction of sp³-hybridized carbons (Fsp3) is 0.236. The molecule has 2 unspecified atom stereocenters. The number of nitrogens with zero attached hydrogens (tertiary/aromatic N) is 4. The Labute approximate surface area is 485 Å². The Kier molecular flexibility index (Phi) is 18.2. The molecule has 0 bridgehead atoms. The average molecular weight is 1300 g/mol. The standard InChI is InChI=1S/C24H18BrClN4O2.C17H13BrCl2N2O.C13H17BN2O3.CH4.Pd/c1-30-21-9-7-15(26)12-16(21)22(14-6-8-18-19(11-14)29-24(32)28-18)27-20(23(30)31)10-13-4-2-3-5-17(13)25;1-22-15-7-6-11(19)9-12(15)16(20)21-14(17(22)23)8-10-4-2-3-5-13(10)18;1-12(2)13(3,4)19-14(18-12)8-5-6-9-10(7-8)16-11(17)15-9;;/h2-9,11-12,20H,10H2,1H3,(H2,28,29,32);2-7,9,14H,8H2,1H3;5-7H,1-4H3,(H2,15,16,17);1H4;. The summed E-state index contributed by atoms with van der Waals surface area (Å²) in [6.45, 7) is 8.07. The molecular weight excluding hydrogens is 1250 g/mol. The molecular formula is C55H52BBr2Cl3N8O6Pd. The Balaban J connectivity index is 0.000000170. The number of carbonyl (C=O) groups excluding carboxylic acids is 2. The van der Waals surface area contributed by atoms with Crippen molar-refractivity contribution in [2.24, 2.45) is 9.98 Å². The molecule has 0 aliphatic carbocycles. The predicted molar refractivity (Wildman–Crippen MR) is 311 cm³/mol. The van der Waals surface area contributed by atoms with Gasteiger partial charge in [-0.15, -0.1) is 0 Å². The van der Waals surface area contributed by atoms with Crippen LogP contribution in [-0.2, 0) is 52.2 Å². The van der Waals surface area contributed by atoms with E-state index in [4.69, 9.17) is 49.1 Å². The minimum Gasteiger partial charge on any atom is -0.399 e. The topological polar surface area (TPSA) is 181 Å². The number of carbonyl (C=O) groups is 2. The minimum absolute atomic E-state index is 0. The number of hydrogen-bond acceptors (Lipinski definition) is 8. The maximum atomic E-state index is 13.4. The van der Waals surface area contributed by atoms with Gasteiger partial charge in [0.1, 0.15) is 17.3 Å². The molecule has 21 heteroatoms. The van der Waals surface area contributed by atoms with E-state index in [1.807, 2.05) is 125 Å². The van der Waals surface area contributed by atoms with Crippen LogP contribution in [0.2, 0.25) is 10.0 Å². The summed E-state index contributed by atoms with van der Waals surface area (Å²) < 4.78 is 13.8. The van der Waals surface area contributed by atoms with Gasteiger partial charge in [0.15, 0.2) is 0 Å². The van der Waals surface area contributed by atoms with E-state index in [2.05, 4.69) is 56.8 Å². The molecule has 8 aromatic rings. The fourth-order valence-electron chi connectivity index (χ4n) is 8.78. The monoisotopic (exact) mass is 1300 g/mol. The van der Waals surface area contributed by atoms with Crippen molar-refractivity contribution in [2.75, 3.05) is 23.9 Å². The third kappa shape index (κ3) is 12.3. The average Bonchev–Trinajstić information content (AvgIpc) is 4.01. The van der Waals surface area contributed by atoms with Crippen LogP contribution in [0.15, 0.2) is 150 Å². The van der Waals surface area contributed by atoms with Crippen molar-refractivity contribution in [3.8, 4) is 0 Å². The van der Waals surface area contributed by atoms with Gasteiger partial charge in [0.25, 0.3) is 11.8 Å². The van der Waals surface area contributed by atoms with Crippen molar-refractivity contribution < 1.29 is 39.3 Å². The molecule has 14 nitrogen and oxygen atoms in total. The van der Waals surface area contributed by atoms with Crippen LogP contribution >= 0.6 is 66.7 Å². The van der Waals surface area contributed by atoms with Crippen molar-refractivity contribution in [1.29, 1.82) is 0 Å². The number of aromatic nitrogens is 4. The first-order valence-electron chi connectivity index (χ1n) is 23.4. The number of fused-ring (bicyclic) bond motifs is 4. The van der Waals surface area contributed by atoms with Gasteiger partial charge in [-0.2, -0.15) is 0 Å². The molecule has 3 aliphatic rings. The van der Waals surface area contributed by atoms with Gasteiger partial charge < -0.3 is 39.0 Å². The van der Waals surface area contributed by atoms with Crippen molar-refractivity contribution >= 4 is 135 Å². The third-order valence-electron chi connectivity index (χ3n) is 13.5. The first-order valence-corrected chi connectivity index (χ1v) is 26.1. The zero-order valence-electron chi connectivity index (χ0n) is 41.1. The Morgan fingerprint density at radius 2 is 1.03 bits per heavy atom. The number of halogens is 5. The molecule has 11 rings (SSSR count). The predicted octanol–water partition coefficient (Wildman–Crippen LogP) is 11.2. The van der Waals surface area contributed by atoms with E-state index in [0.29, 0.717) is 56.1 Å².